The Morgan fingerprint density at radius 1 is 1.17 bits per heavy atom. The monoisotopic (exact) mass is 248 g/mol. The Hall–Kier alpha value is -1.84. The van der Waals surface area contributed by atoms with Crippen LogP contribution < -0.4 is 0 Å². The standard InChI is InChI=1S/C14H16O4/c1-17-13(15)11-7-8-12(9-11)18-14(16)10-5-3-2-4-6-10/h2-6,11-12H,7-9H2,1H3/t11-,12?/m0/s1. The Morgan fingerprint density at radius 2 is 1.89 bits per heavy atom. The number of hydrogen-bond acceptors (Lipinski definition) is 4. The first kappa shape index (κ1) is 12.6. The van der Waals surface area contributed by atoms with Gasteiger partial charge in [-0.2, -0.15) is 0 Å². The van der Waals surface area contributed by atoms with Gasteiger partial charge in [0.2, 0.25) is 0 Å². The summed E-state index contributed by atoms with van der Waals surface area (Å²) in [6, 6.07) is 8.87. The molecule has 1 aliphatic carbocycles. The van der Waals surface area contributed by atoms with Crippen molar-refractivity contribution in [2.45, 2.75) is 25.4 Å². The lowest BCUT2D eigenvalue weighted by Gasteiger charge is -2.12. The van der Waals surface area contributed by atoms with Gasteiger partial charge < -0.3 is 9.47 Å². The van der Waals surface area contributed by atoms with Crippen LogP contribution in [0, 0.1) is 5.92 Å². The van der Waals surface area contributed by atoms with Crippen LogP contribution in [0.15, 0.2) is 30.3 Å². The predicted octanol–water partition coefficient (Wildman–Crippen LogP) is 2.19. The van der Waals surface area contributed by atoms with Gasteiger partial charge in [0.05, 0.1) is 18.6 Å². The maximum atomic E-state index is 11.8. The first-order valence-electron chi connectivity index (χ1n) is 6.04. The number of esters is 2. The molecule has 0 saturated heterocycles. The summed E-state index contributed by atoms with van der Waals surface area (Å²) in [7, 11) is 1.38. The van der Waals surface area contributed by atoms with E-state index >= 15 is 0 Å². The molecule has 18 heavy (non-hydrogen) atoms. The third-order valence-electron chi connectivity index (χ3n) is 3.20. The van der Waals surface area contributed by atoms with E-state index in [0.29, 0.717) is 12.0 Å². The van der Waals surface area contributed by atoms with Gasteiger partial charge in [-0.05, 0) is 31.4 Å². The molecule has 0 N–H and O–H groups in total. The molecule has 96 valence electrons. The summed E-state index contributed by atoms with van der Waals surface area (Å²) in [6.07, 6.45) is 1.82. The molecule has 1 aromatic rings. The van der Waals surface area contributed by atoms with E-state index in [-0.39, 0.29) is 24.0 Å². The number of ether oxygens (including phenoxy) is 2. The molecular weight excluding hydrogens is 232 g/mol. The lowest BCUT2D eigenvalue weighted by molar-refractivity contribution is -0.145. The van der Waals surface area contributed by atoms with Crippen molar-refractivity contribution in [3.63, 3.8) is 0 Å². The largest absolute Gasteiger partial charge is 0.469 e. The summed E-state index contributed by atoms with van der Waals surface area (Å²) in [5.74, 6) is -0.678. The van der Waals surface area contributed by atoms with Crippen molar-refractivity contribution in [3.8, 4) is 0 Å². The summed E-state index contributed by atoms with van der Waals surface area (Å²) in [5, 5.41) is 0. The summed E-state index contributed by atoms with van der Waals surface area (Å²) in [4.78, 5) is 23.2. The number of benzene rings is 1. The number of carbonyl (C=O) groups is 2. The maximum absolute atomic E-state index is 11.8. The molecule has 0 bridgehead atoms. The van der Waals surface area contributed by atoms with Crippen molar-refractivity contribution in [1.82, 2.24) is 0 Å². The van der Waals surface area contributed by atoms with Gasteiger partial charge in [0, 0.05) is 0 Å². The van der Waals surface area contributed by atoms with Gasteiger partial charge in [-0.1, -0.05) is 18.2 Å². The molecule has 0 amide bonds. The van der Waals surface area contributed by atoms with E-state index in [1.807, 2.05) is 6.07 Å². The van der Waals surface area contributed by atoms with Crippen LogP contribution in [-0.4, -0.2) is 25.2 Å². The Labute approximate surface area is 106 Å². The molecule has 1 aromatic carbocycles. The normalized spacial score (nSPS) is 22.5. The van der Waals surface area contributed by atoms with E-state index in [0.717, 1.165) is 12.8 Å². The molecular formula is C14H16O4. The van der Waals surface area contributed by atoms with E-state index in [4.69, 9.17) is 9.47 Å². The lowest BCUT2D eigenvalue weighted by atomic mass is 10.1. The Kier molecular flexibility index (Phi) is 3.97. The minimum atomic E-state index is -0.328. The Bertz CT molecular complexity index is 427. The number of rotatable bonds is 3. The van der Waals surface area contributed by atoms with Crippen molar-refractivity contribution in [2.75, 3.05) is 7.11 Å². The first-order valence-corrected chi connectivity index (χ1v) is 6.04. The topological polar surface area (TPSA) is 52.6 Å². The molecule has 0 heterocycles. The lowest BCUT2D eigenvalue weighted by Crippen LogP contribution is -2.18. The van der Waals surface area contributed by atoms with Crippen molar-refractivity contribution >= 4 is 11.9 Å². The Balaban J connectivity index is 1.89. The van der Waals surface area contributed by atoms with Gasteiger partial charge in [0.1, 0.15) is 6.10 Å². The van der Waals surface area contributed by atoms with Crippen molar-refractivity contribution in [3.05, 3.63) is 35.9 Å². The van der Waals surface area contributed by atoms with Crippen molar-refractivity contribution in [2.24, 2.45) is 5.92 Å². The SMILES string of the molecule is COC(=O)[C@H]1CCC(OC(=O)c2ccccc2)C1. The molecule has 4 nitrogen and oxygen atoms in total. The quantitative estimate of drug-likeness (QED) is 0.769. The zero-order valence-corrected chi connectivity index (χ0v) is 10.3. The summed E-state index contributed by atoms with van der Waals surface area (Å²) >= 11 is 0. The van der Waals surface area contributed by atoms with Crippen LogP contribution in [0.1, 0.15) is 29.6 Å². The first-order chi connectivity index (χ1) is 8.70. The second-order valence-electron chi connectivity index (χ2n) is 4.43. The smallest absolute Gasteiger partial charge is 0.338 e. The van der Waals surface area contributed by atoms with Gasteiger partial charge in [0.15, 0.2) is 0 Å². The highest BCUT2D eigenvalue weighted by Crippen LogP contribution is 2.29. The van der Waals surface area contributed by atoms with E-state index in [2.05, 4.69) is 0 Å². The van der Waals surface area contributed by atoms with Gasteiger partial charge in [-0.25, -0.2) is 4.79 Å². The molecule has 1 unspecified atom stereocenters. The average Bonchev–Trinajstić information content (AvgIpc) is 2.87. The highest BCUT2D eigenvalue weighted by Gasteiger charge is 2.32. The van der Waals surface area contributed by atoms with Gasteiger partial charge in [0.25, 0.3) is 0 Å². The average molecular weight is 248 g/mol. The number of carbonyl (C=O) groups excluding carboxylic acids is 2. The van der Waals surface area contributed by atoms with Crippen molar-refractivity contribution in [1.29, 1.82) is 0 Å². The van der Waals surface area contributed by atoms with Crippen LogP contribution in [0.5, 0.6) is 0 Å². The fraction of sp³-hybridized carbons (Fsp3) is 0.429. The van der Waals surface area contributed by atoms with Crippen LogP contribution in [0.2, 0.25) is 0 Å². The molecule has 0 aliphatic heterocycles. The molecule has 4 heteroatoms. The van der Waals surface area contributed by atoms with E-state index in [9.17, 15) is 9.59 Å². The van der Waals surface area contributed by atoms with E-state index in [1.54, 1.807) is 24.3 Å². The number of methoxy groups -OCH3 is 1. The predicted molar refractivity (Wildman–Crippen MR) is 65.0 cm³/mol. The van der Waals surface area contributed by atoms with Gasteiger partial charge in [-0.3, -0.25) is 4.79 Å². The number of hydrogen-bond donors (Lipinski definition) is 0. The molecule has 1 saturated carbocycles. The van der Waals surface area contributed by atoms with Crippen LogP contribution >= 0.6 is 0 Å². The second-order valence-corrected chi connectivity index (χ2v) is 4.43. The van der Waals surface area contributed by atoms with Crippen LogP contribution in [0.3, 0.4) is 0 Å². The van der Waals surface area contributed by atoms with Crippen molar-refractivity contribution < 1.29 is 19.1 Å². The highest BCUT2D eigenvalue weighted by molar-refractivity contribution is 5.89. The maximum Gasteiger partial charge on any atom is 0.338 e. The fourth-order valence-corrected chi connectivity index (χ4v) is 2.22. The zero-order valence-electron chi connectivity index (χ0n) is 10.3. The fourth-order valence-electron chi connectivity index (χ4n) is 2.22. The summed E-state index contributed by atoms with van der Waals surface area (Å²) < 4.78 is 10.1. The minimum absolute atomic E-state index is 0.136. The summed E-state index contributed by atoms with van der Waals surface area (Å²) in [5.41, 5.74) is 0.541. The van der Waals surface area contributed by atoms with Crippen LogP contribution in [-0.2, 0) is 14.3 Å². The second kappa shape index (κ2) is 5.67. The minimum Gasteiger partial charge on any atom is -0.469 e. The molecule has 0 aromatic heterocycles. The van der Waals surface area contributed by atoms with Gasteiger partial charge >= 0.3 is 11.9 Å². The molecule has 2 rings (SSSR count). The van der Waals surface area contributed by atoms with Gasteiger partial charge in [-0.15, -0.1) is 0 Å². The van der Waals surface area contributed by atoms with E-state index < -0.39 is 0 Å². The highest BCUT2D eigenvalue weighted by atomic mass is 16.5. The summed E-state index contributed by atoms with van der Waals surface area (Å²) in [6.45, 7) is 0. The zero-order chi connectivity index (χ0) is 13.0. The third kappa shape index (κ3) is 2.88. The van der Waals surface area contributed by atoms with E-state index in [1.165, 1.54) is 7.11 Å². The molecule has 0 spiro atoms. The molecule has 2 atom stereocenters. The third-order valence-corrected chi connectivity index (χ3v) is 3.20. The molecule has 1 aliphatic rings. The van der Waals surface area contributed by atoms with Crippen LogP contribution in [0.25, 0.3) is 0 Å². The molecule has 1 fully saturated rings. The van der Waals surface area contributed by atoms with Crippen LogP contribution in [0.4, 0.5) is 0 Å². The molecule has 0 radical (unpaired) electrons. The Morgan fingerprint density at radius 3 is 2.56 bits per heavy atom.